The largest absolute Gasteiger partial charge is 0.484 e. The van der Waals surface area contributed by atoms with E-state index in [1.54, 1.807) is 54.7 Å². The molecule has 1 aliphatic rings. The summed E-state index contributed by atoms with van der Waals surface area (Å²) in [6.07, 6.45) is 1.64. The molecule has 200 valence electrons. The Balaban J connectivity index is 1.37. The number of hydrogen-bond acceptors (Lipinski definition) is 6. The molecule has 1 aromatic heterocycles. The molecule has 2 amide bonds. The van der Waals surface area contributed by atoms with Crippen molar-refractivity contribution < 1.29 is 22.7 Å². The average Bonchev–Trinajstić information content (AvgIpc) is 2.99. The van der Waals surface area contributed by atoms with Crippen molar-refractivity contribution in [1.82, 2.24) is 19.5 Å². The summed E-state index contributed by atoms with van der Waals surface area (Å²) in [7, 11) is -4.06. The molecule has 3 aromatic carbocycles. The molecule has 1 fully saturated rings. The fraction of sp³-hybridized carbons (Fsp3) is 0.207. The summed E-state index contributed by atoms with van der Waals surface area (Å²) >= 11 is 0. The van der Waals surface area contributed by atoms with Gasteiger partial charge in [-0.25, -0.2) is 8.42 Å². The Hall–Kier alpha value is -4.28. The number of ether oxygens (including phenoxy) is 1. The minimum Gasteiger partial charge on any atom is -0.484 e. The molecule has 9 nitrogen and oxygen atoms in total. The molecule has 0 aliphatic carbocycles. The molecule has 1 unspecified atom stereocenters. The summed E-state index contributed by atoms with van der Waals surface area (Å²) in [5, 5.41) is 3.52. The zero-order valence-electron chi connectivity index (χ0n) is 21.1. The van der Waals surface area contributed by atoms with Crippen molar-refractivity contribution in [3.05, 3.63) is 103 Å². The third-order valence-electron chi connectivity index (χ3n) is 6.58. The van der Waals surface area contributed by atoms with Gasteiger partial charge >= 0.3 is 0 Å². The summed E-state index contributed by atoms with van der Waals surface area (Å²) in [6.45, 7) is 0.0251. The highest BCUT2D eigenvalue weighted by atomic mass is 32.2. The SMILES string of the molecule is O=C(NCc1ccccc1)C1CN(C(=O)COc2ccccc2)CCN1S(=O)(=O)c1ccc2ncccc2c1. The van der Waals surface area contributed by atoms with Crippen LogP contribution in [0.2, 0.25) is 0 Å². The number of benzene rings is 3. The van der Waals surface area contributed by atoms with E-state index in [2.05, 4.69) is 10.3 Å². The predicted octanol–water partition coefficient (Wildman–Crippen LogP) is 2.83. The molecular weight excluding hydrogens is 516 g/mol. The summed E-state index contributed by atoms with van der Waals surface area (Å²) < 4.78 is 34.4. The lowest BCUT2D eigenvalue weighted by molar-refractivity contribution is -0.138. The normalized spacial score (nSPS) is 16.1. The number of carbonyl (C=O) groups excluding carboxylic acids is 2. The van der Waals surface area contributed by atoms with Crippen LogP contribution in [-0.2, 0) is 26.2 Å². The highest BCUT2D eigenvalue weighted by molar-refractivity contribution is 7.89. The molecule has 0 bridgehead atoms. The van der Waals surface area contributed by atoms with Gasteiger partial charge in [0, 0.05) is 37.8 Å². The standard InChI is InChI=1S/C29H28N4O5S/c34-28(21-38-24-11-5-2-6-12-24)32-16-17-33(27(20-32)29(35)31-19-22-8-3-1-4-9-22)39(36,37)25-13-14-26-23(18-25)10-7-15-30-26/h1-15,18,27H,16-17,19-21H2,(H,31,35). The molecule has 0 radical (unpaired) electrons. The summed E-state index contributed by atoms with van der Waals surface area (Å²) in [5.41, 5.74) is 1.55. The Morgan fingerprint density at radius 1 is 0.923 bits per heavy atom. The van der Waals surface area contributed by atoms with E-state index in [1.807, 2.05) is 36.4 Å². The Morgan fingerprint density at radius 2 is 1.67 bits per heavy atom. The van der Waals surface area contributed by atoms with Crippen LogP contribution in [0.3, 0.4) is 0 Å². The molecule has 2 heterocycles. The van der Waals surface area contributed by atoms with Crippen LogP contribution in [0.15, 0.2) is 102 Å². The number of fused-ring (bicyclic) bond motifs is 1. The first kappa shape index (κ1) is 26.3. The zero-order valence-corrected chi connectivity index (χ0v) is 22.0. The monoisotopic (exact) mass is 544 g/mol. The van der Waals surface area contributed by atoms with Crippen LogP contribution < -0.4 is 10.1 Å². The van der Waals surface area contributed by atoms with Crippen molar-refractivity contribution in [2.24, 2.45) is 0 Å². The number of sulfonamides is 1. The molecule has 1 N–H and O–H groups in total. The van der Waals surface area contributed by atoms with Gasteiger partial charge in [-0.3, -0.25) is 14.6 Å². The van der Waals surface area contributed by atoms with E-state index in [1.165, 1.54) is 15.3 Å². The van der Waals surface area contributed by atoms with Crippen molar-refractivity contribution in [3.63, 3.8) is 0 Å². The first-order valence-corrected chi connectivity index (χ1v) is 14.0. The molecule has 10 heteroatoms. The van der Waals surface area contributed by atoms with Crippen LogP contribution in [-0.4, -0.2) is 66.7 Å². The minimum absolute atomic E-state index is 0.0338. The maximum absolute atomic E-state index is 13.8. The van der Waals surface area contributed by atoms with Gasteiger partial charge in [0.05, 0.1) is 10.4 Å². The molecule has 1 saturated heterocycles. The lowest BCUT2D eigenvalue weighted by Gasteiger charge is -2.39. The van der Waals surface area contributed by atoms with Crippen LogP contribution in [0.1, 0.15) is 5.56 Å². The van der Waals surface area contributed by atoms with E-state index >= 15 is 0 Å². The van der Waals surface area contributed by atoms with Crippen LogP contribution in [0, 0.1) is 0 Å². The molecule has 0 saturated carbocycles. The average molecular weight is 545 g/mol. The Bertz CT molecular complexity index is 1560. The lowest BCUT2D eigenvalue weighted by atomic mass is 10.1. The number of para-hydroxylation sites is 1. The smallest absolute Gasteiger partial charge is 0.260 e. The van der Waals surface area contributed by atoms with E-state index in [9.17, 15) is 18.0 Å². The van der Waals surface area contributed by atoms with Gasteiger partial charge in [-0.1, -0.05) is 54.6 Å². The molecular formula is C29H28N4O5S. The molecule has 39 heavy (non-hydrogen) atoms. The number of piperazine rings is 1. The topological polar surface area (TPSA) is 109 Å². The molecule has 4 aromatic rings. The first-order valence-electron chi connectivity index (χ1n) is 12.6. The number of carbonyl (C=O) groups is 2. The third-order valence-corrected chi connectivity index (χ3v) is 8.49. The van der Waals surface area contributed by atoms with Crippen molar-refractivity contribution in [2.75, 3.05) is 26.2 Å². The number of nitrogens with one attached hydrogen (secondary N) is 1. The molecule has 1 atom stereocenters. The summed E-state index contributed by atoms with van der Waals surface area (Å²) in [5.74, 6) is -0.255. The van der Waals surface area contributed by atoms with Gasteiger partial charge in [-0.05, 0) is 42.0 Å². The van der Waals surface area contributed by atoms with Gasteiger partial charge in [0.15, 0.2) is 6.61 Å². The van der Waals surface area contributed by atoms with Crippen LogP contribution in [0.4, 0.5) is 0 Å². The molecule has 5 rings (SSSR count). The van der Waals surface area contributed by atoms with Crippen LogP contribution >= 0.6 is 0 Å². The fourth-order valence-electron chi connectivity index (χ4n) is 4.50. The van der Waals surface area contributed by atoms with Gasteiger partial charge < -0.3 is 15.0 Å². The highest BCUT2D eigenvalue weighted by Crippen LogP contribution is 2.25. The van der Waals surface area contributed by atoms with E-state index in [-0.39, 0.29) is 43.6 Å². The second-order valence-electron chi connectivity index (χ2n) is 9.13. The quantitative estimate of drug-likeness (QED) is 0.366. The number of hydrogen-bond donors (Lipinski definition) is 1. The number of aromatic nitrogens is 1. The fourth-order valence-corrected chi connectivity index (χ4v) is 6.11. The van der Waals surface area contributed by atoms with Crippen molar-refractivity contribution in [1.29, 1.82) is 0 Å². The van der Waals surface area contributed by atoms with Gasteiger partial charge in [0.1, 0.15) is 11.8 Å². The van der Waals surface area contributed by atoms with Crippen molar-refractivity contribution >= 4 is 32.7 Å². The maximum Gasteiger partial charge on any atom is 0.260 e. The Kier molecular flexibility index (Phi) is 7.85. The molecule has 0 spiro atoms. The third kappa shape index (κ3) is 6.08. The predicted molar refractivity (Wildman–Crippen MR) is 146 cm³/mol. The van der Waals surface area contributed by atoms with Crippen LogP contribution in [0.5, 0.6) is 5.75 Å². The van der Waals surface area contributed by atoms with Gasteiger partial charge in [0.25, 0.3) is 5.91 Å². The van der Waals surface area contributed by atoms with Crippen molar-refractivity contribution in [3.8, 4) is 5.75 Å². The maximum atomic E-state index is 13.8. The minimum atomic E-state index is -4.06. The van der Waals surface area contributed by atoms with E-state index in [0.29, 0.717) is 16.7 Å². The summed E-state index contributed by atoms with van der Waals surface area (Å²) in [6, 6.07) is 25.4. The van der Waals surface area contributed by atoms with E-state index < -0.39 is 22.0 Å². The number of rotatable bonds is 8. The summed E-state index contributed by atoms with van der Waals surface area (Å²) in [4.78, 5) is 32.2. The van der Waals surface area contributed by atoms with Gasteiger partial charge in [-0.2, -0.15) is 4.31 Å². The van der Waals surface area contributed by atoms with Crippen molar-refractivity contribution in [2.45, 2.75) is 17.5 Å². The zero-order chi connectivity index (χ0) is 27.2. The second-order valence-corrected chi connectivity index (χ2v) is 11.0. The lowest BCUT2D eigenvalue weighted by Crippen LogP contribution is -2.61. The Morgan fingerprint density at radius 3 is 2.44 bits per heavy atom. The van der Waals surface area contributed by atoms with Gasteiger partial charge in [0.2, 0.25) is 15.9 Å². The molecule has 1 aliphatic heterocycles. The van der Waals surface area contributed by atoms with Gasteiger partial charge in [-0.15, -0.1) is 0 Å². The van der Waals surface area contributed by atoms with E-state index in [4.69, 9.17) is 4.74 Å². The second kappa shape index (κ2) is 11.6. The number of nitrogens with zero attached hydrogens (tertiary/aromatic N) is 3. The van der Waals surface area contributed by atoms with Crippen LogP contribution in [0.25, 0.3) is 10.9 Å². The highest BCUT2D eigenvalue weighted by Gasteiger charge is 2.41. The number of pyridine rings is 1. The first-order chi connectivity index (χ1) is 18.9. The van der Waals surface area contributed by atoms with E-state index in [0.717, 1.165) is 5.56 Å². The number of amides is 2. The Labute approximate surface area is 227 Å².